The molecule has 0 radical (unpaired) electrons. The van der Waals surface area contributed by atoms with Crippen molar-refractivity contribution in [2.24, 2.45) is 5.92 Å². The smallest absolute Gasteiger partial charge is 0.329 e. The van der Waals surface area contributed by atoms with E-state index >= 15 is 0 Å². The average molecular weight is 358 g/mol. The minimum atomic E-state index is -0.0488. The highest BCUT2D eigenvalue weighted by molar-refractivity contribution is 5.93. The molecular formula is C18H26N6O2. The molecule has 4 heterocycles. The second-order valence-corrected chi connectivity index (χ2v) is 7.72. The molecule has 2 bridgehead atoms. The topological polar surface area (TPSA) is 78.0 Å². The van der Waals surface area contributed by atoms with Gasteiger partial charge in [0.2, 0.25) is 0 Å². The number of hydrogen-bond acceptors (Lipinski definition) is 4. The number of aryl methyl sites for hydroxylation is 1. The van der Waals surface area contributed by atoms with E-state index in [4.69, 9.17) is 0 Å². The molecule has 2 aromatic rings. The van der Waals surface area contributed by atoms with Gasteiger partial charge >= 0.3 is 5.69 Å². The zero-order valence-corrected chi connectivity index (χ0v) is 15.6. The summed E-state index contributed by atoms with van der Waals surface area (Å²) in [4.78, 5) is 27.9. The van der Waals surface area contributed by atoms with E-state index in [9.17, 15) is 9.59 Å². The van der Waals surface area contributed by atoms with Crippen molar-refractivity contribution in [1.82, 2.24) is 29.0 Å². The number of nitrogens with zero attached hydrogens (tertiary/aromatic N) is 6. The monoisotopic (exact) mass is 358 g/mol. The van der Waals surface area contributed by atoms with Gasteiger partial charge in [0.15, 0.2) is 0 Å². The number of aromatic nitrogens is 5. The number of carbonyl (C=O) groups excluding carboxylic acids is 1. The maximum Gasteiger partial charge on any atom is 0.345 e. The molecule has 2 aliphatic rings. The number of amides is 1. The highest BCUT2D eigenvalue weighted by Gasteiger charge is 2.42. The van der Waals surface area contributed by atoms with Gasteiger partial charge in [0.1, 0.15) is 11.5 Å². The van der Waals surface area contributed by atoms with Crippen LogP contribution < -0.4 is 5.69 Å². The van der Waals surface area contributed by atoms with Gasteiger partial charge in [0.05, 0.1) is 6.04 Å². The second-order valence-electron chi connectivity index (χ2n) is 7.72. The van der Waals surface area contributed by atoms with Crippen molar-refractivity contribution in [1.29, 1.82) is 0 Å². The van der Waals surface area contributed by atoms with E-state index < -0.39 is 0 Å². The summed E-state index contributed by atoms with van der Waals surface area (Å²) in [7, 11) is 0. The highest BCUT2D eigenvalue weighted by Crippen LogP contribution is 2.31. The van der Waals surface area contributed by atoms with Crippen LogP contribution in [0.4, 0.5) is 0 Å². The molecule has 26 heavy (non-hydrogen) atoms. The van der Waals surface area contributed by atoms with Gasteiger partial charge in [-0.1, -0.05) is 13.8 Å². The Kier molecular flexibility index (Phi) is 4.20. The molecule has 2 unspecified atom stereocenters. The molecule has 0 spiro atoms. The Morgan fingerprint density at radius 1 is 1.27 bits per heavy atom. The fourth-order valence-corrected chi connectivity index (χ4v) is 4.28. The maximum absolute atomic E-state index is 13.2. The Labute approximate surface area is 152 Å². The molecule has 1 saturated heterocycles. The van der Waals surface area contributed by atoms with Crippen molar-refractivity contribution < 1.29 is 4.79 Å². The van der Waals surface area contributed by atoms with Crippen molar-refractivity contribution in [2.75, 3.05) is 0 Å². The Morgan fingerprint density at radius 3 is 2.77 bits per heavy atom. The third-order valence-electron chi connectivity index (χ3n) is 5.44. The molecule has 0 aromatic carbocycles. The van der Waals surface area contributed by atoms with Crippen molar-refractivity contribution in [2.45, 2.75) is 71.8 Å². The van der Waals surface area contributed by atoms with Crippen LogP contribution in [0.2, 0.25) is 0 Å². The van der Waals surface area contributed by atoms with Crippen molar-refractivity contribution in [3.05, 3.63) is 34.3 Å². The van der Waals surface area contributed by atoms with E-state index in [1.54, 1.807) is 26.2 Å². The van der Waals surface area contributed by atoms with Crippen LogP contribution in [-0.2, 0) is 26.1 Å². The predicted molar refractivity (Wildman–Crippen MR) is 95.9 cm³/mol. The van der Waals surface area contributed by atoms with Crippen LogP contribution in [0.25, 0.3) is 0 Å². The SMILES string of the molecule is CCn1nccc1C(=O)N1C2CCC1Cn1c(nn(CC(C)C)c1=O)C2. The zero-order valence-electron chi connectivity index (χ0n) is 15.6. The van der Waals surface area contributed by atoms with Gasteiger partial charge in [0.25, 0.3) is 5.91 Å². The Bertz CT molecular complexity index is 877. The van der Waals surface area contributed by atoms with E-state index in [1.807, 2.05) is 11.8 Å². The second kappa shape index (κ2) is 6.41. The maximum atomic E-state index is 13.2. The summed E-state index contributed by atoms with van der Waals surface area (Å²) < 4.78 is 5.10. The zero-order chi connectivity index (χ0) is 18.4. The van der Waals surface area contributed by atoms with Crippen molar-refractivity contribution >= 4 is 5.91 Å². The third-order valence-corrected chi connectivity index (χ3v) is 5.44. The molecule has 140 valence electrons. The molecule has 0 aliphatic carbocycles. The lowest BCUT2D eigenvalue weighted by Crippen LogP contribution is -2.43. The molecule has 1 amide bonds. The largest absolute Gasteiger partial charge is 0.345 e. The van der Waals surface area contributed by atoms with Crippen LogP contribution in [0.1, 0.15) is 49.9 Å². The fourth-order valence-electron chi connectivity index (χ4n) is 4.28. The molecule has 8 nitrogen and oxygen atoms in total. The first-order valence-electron chi connectivity index (χ1n) is 9.50. The summed E-state index contributed by atoms with van der Waals surface area (Å²) in [5.41, 5.74) is 0.577. The summed E-state index contributed by atoms with van der Waals surface area (Å²) in [5, 5.41) is 8.80. The van der Waals surface area contributed by atoms with Crippen LogP contribution >= 0.6 is 0 Å². The van der Waals surface area contributed by atoms with Crippen LogP contribution in [0, 0.1) is 5.92 Å². The van der Waals surface area contributed by atoms with Gasteiger partial charge in [-0.3, -0.25) is 14.0 Å². The normalized spacial score (nSPS) is 21.9. The Morgan fingerprint density at radius 2 is 2.04 bits per heavy atom. The molecular weight excluding hydrogens is 332 g/mol. The highest BCUT2D eigenvalue weighted by atomic mass is 16.2. The summed E-state index contributed by atoms with van der Waals surface area (Å²) >= 11 is 0. The molecule has 2 atom stereocenters. The Hall–Kier alpha value is -2.38. The molecule has 2 aromatic heterocycles. The van der Waals surface area contributed by atoms with Crippen molar-refractivity contribution in [3.63, 3.8) is 0 Å². The first-order valence-corrected chi connectivity index (χ1v) is 9.50. The lowest BCUT2D eigenvalue weighted by Gasteiger charge is -2.28. The molecule has 4 rings (SSSR count). The molecule has 2 aliphatic heterocycles. The van der Waals surface area contributed by atoms with E-state index in [1.165, 1.54) is 0 Å². The number of fused-ring (bicyclic) bond motifs is 3. The quantitative estimate of drug-likeness (QED) is 0.821. The van der Waals surface area contributed by atoms with Gasteiger partial charge < -0.3 is 4.90 Å². The van der Waals surface area contributed by atoms with Gasteiger partial charge in [0, 0.05) is 38.3 Å². The van der Waals surface area contributed by atoms with Gasteiger partial charge in [-0.2, -0.15) is 10.2 Å². The number of carbonyl (C=O) groups is 1. The van der Waals surface area contributed by atoms with Crippen molar-refractivity contribution in [3.8, 4) is 0 Å². The summed E-state index contributed by atoms with van der Waals surface area (Å²) in [6.07, 6.45) is 4.20. The van der Waals surface area contributed by atoms with E-state index in [2.05, 4.69) is 24.0 Å². The van der Waals surface area contributed by atoms with Crippen LogP contribution in [0.5, 0.6) is 0 Å². The lowest BCUT2D eigenvalue weighted by molar-refractivity contribution is 0.0652. The summed E-state index contributed by atoms with van der Waals surface area (Å²) in [6.45, 7) is 7.98. The minimum absolute atomic E-state index is 0.0186. The summed E-state index contributed by atoms with van der Waals surface area (Å²) in [5.74, 6) is 1.20. The molecule has 0 saturated carbocycles. The average Bonchev–Trinajstić information content (AvgIpc) is 3.25. The third kappa shape index (κ3) is 2.68. The fraction of sp³-hybridized carbons (Fsp3) is 0.667. The van der Waals surface area contributed by atoms with Gasteiger partial charge in [-0.25, -0.2) is 9.48 Å². The van der Waals surface area contributed by atoms with Crippen LogP contribution in [-0.4, -0.2) is 47.0 Å². The van der Waals surface area contributed by atoms with Gasteiger partial charge in [-0.05, 0) is 31.7 Å². The Balaban J connectivity index is 1.65. The van der Waals surface area contributed by atoms with E-state index in [-0.39, 0.29) is 23.7 Å². The first kappa shape index (κ1) is 17.1. The van der Waals surface area contributed by atoms with Crippen LogP contribution in [0.3, 0.4) is 0 Å². The van der Waals surface area contributed by atoms with Crippen LogP contribution in [0.15, 0.2) is 17.1 Å². The molecule has 0 N–H and O–H groups in total. The van der Waals surface area contributed by atoms with E-state index in [0.717, 1.165) is 18.7 Å². The minimum Gasteiger partial charge on any atom is -0.329 e. The number of hydrogen-bond donors (Lipinski definition) is 0. The summed E-state index contributed by atoms with van der Waals surface area (Å²) in [6, 6.07) is 1.93. The molecule has 1 fully saturated rings. The molecule has 8 heteroatoms. The lowest BCUT2D eigenvalue weighted by atomic mass is 10.1. The van der Waals surface area contributed by atoms with E-state index in [0.29, 0.717) is 37.7 Å². The predicted octanol–water partition coefficient (Wildman–Crippen LogP) is 1.15. The number of rotatable bonds is 4. The first-order chi connectivity index (χ1) is 12.5. The standard InChI is InChI=1S/C18H26N6O2/c1-4-22-15(7-8-19-22)17(25)24-13-5-6-14(24)11-21-16(9-13)20-23(18(21)26)10-12(2)3/h7-8,12-14H,4-6,9-11H2,1-3H3. The van der Waals surface area contributed by atoms with Gasteiger partial charge in [-0.15, -0.1) is 0 Å².